The minimum Gasteiger partial charge on any atom is -0.241 e. The second-order valence-electron chi connectivity index (χ2n) is 3.71. The van der Waals surface area contributed by atoms with Gasteiger partial charge in [-0.3, -0.25) is 0 Å². The molecule has 0 aromatic carbocycles. The summed E-state index contributed by atoms with van der Waals surface area (Å²) in [5.74, 6) is 0.951. The lowest BCUT2D eigenvalue weighted by Gasteiger charge is -2.21. The predicted molar refractivity (Wildman–Crippen MR) is 50.0 cm³/mol. The van der Waals surface area contributed by atoms with E-state index in [0.29, 0.717) is 0 Å². The summed E-state index contributed by atoms with van der Waals surface area (Å²) in [5, 5.41) is 0. The van der Waals surface area contributed by atoms with Gasteiger partial charge in [0.2, 0.25) is 0 Å². The molecule has 0 bridgehead atoms. The summed E-state index contributed by atoms with van der Waals surface area (Å²) in [4.78, 5) is 8.52. The summed E-state index contributed by atoms with van der Waals surface area (Å²) in [5.41, 5.74) is 0.121. The van der Waals surface area contributed by atoms with E-state index in [9.17, 15) is 0 Å². The molecule has 1 heterocycles. The van der Waals surface area contributed by atoms with Crippen LogP contribution in [0.5, 0.6) is 0 Å². The maximum absolute atomic E-state index is 4.26. The molecule has 0 aliphatic rings. The molecule has 1 aromatic rings. The van der Waals surface area contributed by atoms with Crippen molar-refractivity contribution >= 4 is 0 Å². The average molecular weight is 164 g/mol. The third kappa shape index (κ3) is 2.03. The molecule has 0 N–H and O–H groups in total. The Bertz CT molecular complexity index is 229. The van der Waals surface area contributed by atoms with Crippen molar-refractivity contribution < 1.29 is 0 Å². The summed E-state index contributed by atoms with van der Waals surface area (Å²) in [6, 6.07) is 1.85. The van der Waals surface area contributed by atoms with Gasteiger partial charge in [0.05, 0.1) is 0 Å². The quantitative estimate of drug-likeness (QED) is 0.686. The van der Waals surface area contributed by atoms with E-state index in [2.05, 4.69) is 30.7 Å². The summed E-state index contributed by atoms with van der Waals surface area (Å²) >= 11 is 0. The second-order valence-corrected chi connectivity index (χ2v) is 3.71. The molecule has 66 valence electrons. The van der Waals surface area contributed by atoms with Gasteiger partial charge in [-0.15, -0.1) is 0 Å². The van der Waals surface area contributed by atoms with Crippen LogP contribution in [0.2, 0.25) is 0 Å². The zero-order valence-electron chi connectivity index (χ0n) is 8.04. The van der Waals surface area contributed by atoms with Crippen molar-refractivity contribution in [2.45, 2.75) is 39.0 Å². The Morgan fingerprint density at radius 2 is 1.83 bits per heavy atom. The molecule has 0 saturated heterocycles. The lowest BCUT2D eigenvalue weighted by molar-refractivity contribution is 0.444. The largest absolute Gasteiger partial charge is 0.241 e. The normalized spacial score (nSPS) is 11.6. The van der Waals surface area contributed by atoms with Gasteiger partial charge in [-0.05, 0) is 12.5 Å². The van der Waals surface area contributed by atoms with Crippen LogP contribution < -0.4 is 0 Å². The van der Waals surface area contributed by atoms with Crippen LogP contribution >= 0.6 is 0 Å². The average Bonchev–Trinajstić information content (AvgIpc) is 2.06. The van der Waals surface area contributed by atoms with Crippen LogP contribution in [0.3, 0.4) is 0 Å². The predicted octanol–water partition coefficient (Wildman–Crippen LogP) is 2.55. The molecular weight excluding hydrogens is 148 g/mol. The van der Waals surface area contributed by atoms with Gasteiger partial charge in [0, 0.05) is 17.8 Å². The van der Waals surface area contributed by atoms with Gasteiger partial charge in [-0.1, -0.05) is 27.2 Å². The molecule has 0 saturated carbocycles. The molecule has 2 nitrogen and oxygen atoms in total. The third-order valence-corrected chi connectivity index (χ3v) is 2.05. The first kappa shape index (κ1) is 9.17. The van der Waals surface area contributed by atoms with Crippen LogP contribution in [0.15, 0.2) is 18.5 Å². The zero-order valence-corrected chi connectivity index (χ0v) is 8.04. The molecular formula is C10H16N2. The SMILES string of the molecule is CCCC(C)(C)c1ncccn1. The highest BCUT2D eigenvalue weighted by Crippen LogP contribution is 2.24. The van der Waals surface area contributed by atoms with Crippen LogP contribution in [-0.2, 0) is 5.41 Å². The Morgan fingerprint density at radius 1 is 1.25 bits per heavy atom. The smallest absolute Gasteiger partial charge is 0.133 e. The van der Waals surface area contributed by atoms with Crippen LogP contribution in [-0.4, -0.2) is 9.97 Å². The van der Waals surface area contributed by atoms with Gasteiger partial charge < -0.3 is 0 Å². The van der Waals surface area contributed by atoms with Crippen molar-refractivity contribution in [2.24, 2.45) is 0 Å². The number of hydrogen-bond acceptors (Lipinski definition) is 2. The third-order valence-electron chi connectivity index (χ3n) is 2.05. The molecule has 0 aliphatic heterocycles. The Balaban J connectivity index is 2.82. The molecule has 0 atom stereocenters. The summed E-state index contributed by atoms with van der Waals surface area (Å²) in [6.07, 6.45) is 5.92. The molecule has 0 aliphatic carbocycles. The van der Waals surface area contributed by atoms with Crippen molar-refractivity contribution in [2.75, 3.05) is 0 Å². The first-order chi connectivity index (χ1) is 5.67. The van der Waals surface area contributed by atoms with Gasteiger partial charge in [0.15, 0.2) is 0 Å². The molecule has 0 amide bonds. The van der Waals surface area contributed by atoms with Crippen molar-refractivity contribution in [1.29, 1.82) is 0 Å². The van der Waals surface area contributed by atoms with Crippen LogP contribution in [0.1, 0.15) is 39.4 Å². The first-order valence-corrected chi connectivity index (χ1v) is 4.44. The number of rotatable bonds is 3. The van der Waals surface area contributed by atoms with Gasteiger partial charge in [-0.2, -0.15) is 0 Å². The van der Waals surface area contributed by atoms with Crippen LogP contribution in [0, 0.1) is 0 Å². The monoisotopic (exact) mass is 164 g/mol. The van der Waals surface area contributed by atoms with Gasteiger partial charge in [0.25, 0.3) is 0 Å². The molecule has 12 heavy (non-hydrogen) atoms. The highest BCUT2D eigenvalue weighted by Gasteiger charge is 2.21. The summed E-state index contributed by atoms with van der Waals surface area (Å²) < 4.78 is 0. The van der Waals surface area contributed by atoms with E-state index < -0.39 is 0 Å². The van der Waals surface area contributed by atoms with Crippen molar-refractivity contribution in [3.63, 3.8) is 0 Å². The lowest BCUT2D eigenvalue weighted by Crippen LogP contribution is -2.19. The van der Waals surface area contributed by atoms with Crippen molar-refractivity contribution in [3.05, 3.63) is 24.3 Å². The molecule has 0 fully saturated rings. The second kappa shape index (κ2) is 3.65. The minimum absolute atomic E-state index is 0.121. The molecule has 1 rings (SSSR count). The number of aromatic nitrogens is 2. The number of hydrogen-bond donors (Lipinski definition) is 0. The standard InChI is InChI=1S/C10H16N2/c1-4-6-10(2,3)9-11-7-5-8-12-9/h5,7-8H,4,6H2,1-3H3. The van der Waals surface area contributed by atoms with Crippen LogP contribution in [0.4, 0.5) is 0 Å². The summed E-state index contributed by atoms with van der Waals surface area (Å²) in [6.45, 7) is 6.56. The van der Waals surface area contributed by atoms with E-state index in [0.717, 1.165) is 12.2 Å². The van der Waals surface area contributed by atoms with E-state index in [1.807, 2.05) is 6.07 Å². The van der Waals surface area contributed by atoms with Gasteiger partial charge >= 0.3 is 0 Å². The topological polar surface area (TPSA) is 25.8 Å². The molecule has 0 unspecified atom stereocenters. The van der Waals surface area contributed by atoms with E-state index in [1.165, 1.54) is 6.42 Å². The summed E-state index contributed by atoms with van der Waals surface area (Å²) in [7, 11) is 0. The fraction of sp³-hybridized carbons (Fsp3) is 0.600. The molecule has 0 spiro atoms. The zero-order chi connectivity index (χ0) is 9.03. The van der Waals surface area contributed by atoms with Crippen molar-refractivity contribution in [1.82, 2.24) is 9.97 Å². The minimum atomic E-state index is 0.121. The Kier molecular flexibility index (Phi) is 2.79. The van der Waals surface area contributed by atoms with E-state index in [4.69, 9.17) is 0 Å². The van der Waals surface area contributed by atoms with E-state index >= 15 is 0 Å². The molecule has 1 aromatic heterocycles. The Morgan fingerprint density at radius 3 is 2.33 bits per heavy atom. The maximum atomic E-state index is 4.26. The Hall–Kier alpha value is -0.920. The maximum Gasteiger partial charge on any atom is 0.133 e. The number of nitrogens with zero attached hydrogens (tertiary/aromatic N) is 2. The fourth-order valence-corrected chi connectivity index (χ4v) is 1.39. The first-order valence-electron chi connectivity index (χ1n) is 4.44. The lowest BCUT2D eigenvalue weighted by atomic mass is 9.87. The highest BCUT2D eigenvalue weighted by atomic mass is 14.9. The van der Waals surface area contributed by atoms with Crippen molar-refractivity contribution in [3.8, 4) is 0 Å². The van der Waals surface area contributed by atoms with Gasteiger partial charge in [0.1, 0.15) is 5.82 Å². The fourth-order valence-electron chi connectivity index (χ4n) is 1.39. The van der Waals surface area contributed by atoms with E-state index in [-0.39, 0.29) is 5.41 Å². The highest BCUT2D eigenvalue weighted by molar-refractivity contribution is 5.03. The molecule has 0 radical (unpaired) electrons. The van der Waals surface area contributed by atoms with Crippen LogP contribution in [0.25, 0.3) is 0 Å². The van der Waals surface area contributed by atoms with E-state index in [1.54, 1.807) is 12.4 Å². The molecule has 2 heteroatoms. The Labute approximate surface area is 74.1 Å². The van der Waals surface area contributed by atoms with Gasteiger partial charge in [-0.25, -0.2) is 9.97 Å².